The number of fused-ring (bicyclic) bond motifs is 2. The molecular formula is C62H98N14O10. The Balaban J connectivity index is 1.65. The zero-order valence-electron chi connectivity index (χ0n) is 52.2. The summed E-state index contributed by atoms with van der Waals surface area (Å²) in [6.45, 7) is 18.1. The SMILES string of the molecule is CCCC[C@H]1C(=O)N[C@@H](CC(C)C)C(=O)N[C@H](Cc2ccccc2)C(=O)N2CCC[C@H]2C(=O)N[C@@H](C(C)C)C(=O)N(N)[C@@H](CCCN)C(=O)N[C@@H]([C@H](C)C(C)C)C(=O)N(N)[C@H](Cc2ccccc2)C(=O)N2CCC[C@H]2C(=O)N[C@@H](C(C)C)C(=O)N1N. The average Bonchev–Trinajstić information content (AvgIpc) is 2.13. The van der Waals surface area contributed by atoms with Crippen LogP contribution >= 0.6 is 0 Å². The summed E-state index contributed by atoms with van der Waals surface area (Å²) in [4.78, 5) is 151. The lowest BCUT2D eigenvalue weighted by molar-refractivity contribution is -0.152. The molecule has 0 aromatic heterocycles. The number of amides is 10. The Bertz CT molecular complexity index is 2640. The molecule has 3 aliphatic rings. The number of unbranched alkanes of at least 4 members (excludes halogenated alkanes) is 1. The van der Waals surface area contributed by atoms with Gasteiger partial charge in [-0.1, -0.05) is 143 Å². The number of nitrogens with two attached hydrogens (primary N) is 4. The standard InChI is InChI=1S/C62H98N14O10/c1-11-12-26-47-56(80)67-43(33-36(2)3)53(77)68-44(34-41-22-15-13-16-23-41)58(82)72-31-20-28-45(72)54(78)69-51(39(8)9)61(85)75(65)48(27-19-30-63)57(81)71-52(40(10)37(4)5)62(86)76(66)49(35-42-24-17-14-18-25-42)59(83)73-32-21-29-46(73)55(79)70-50(38(6)7)60(84)74(47)64/h13-18,22-25,36-40,43-52H,11-12,19-21,26-35,63-66H2,1-10H3,(H,67,80)(H,68,77)(H,69,78)(H,70,79)(H,71,81)/t40-,43+,44-,45+,46+,47+,48+,49-,50+,51+,52+/m1/s1. The molecule has 3 aliphatic heterocycles. The highest BCUT2D eigenvalue weighted by Gasteiger charge is 2.46. The number of hydrogen-bond donors (Lipinski definition) is 9. The fourth-order valence-electron chi connectivity index (χ4n) is 11.5. The van der Waals surface area contributed by atoms with E-state index in [1.807, 2.05) is 34.6 Å². The van der Waals surface area contributed by atoms with E-state index < -0.39 is 137 Å². The van der Waals surface area contributed by atoms with E-state index in [9.17, 15) is 33.6 Å². The van der Waals surface area contributed by atoms with Gasteiger partial charge < -0.3 is 42.1 Å². The molecule has 0 radical (unpaired) electrons. The van der Waals surface area contributed by atoms with Gasteiger partial charge in [0.15, 0.2) is 0 Å². The first-order valence-electron chi connectivity index (χ1n) is 30.9. The minimum Gasteiger partial charge on any atom is -0.342 e. The Labute approximate surface area is 507 Å². The van der Waals surface area contributed by atoms with Gasteiger partial charge in [-0.15, -0.1) is 0 Å². The number of carbonyl (C=O) groups is 10. The van der Waals surface area contributed by atoms with Gasteiger partial charge in [-0.05, 0) is 98.6 Å². The second-order valence-electron chi connectivity index (χ2n) is 24.9. The van der Waals surface area contributed by atoms with Crippen molar-refractivity contribution in [3.8, 4) is 0 Å². The van der Waals surface area contributed by atoms with Gasteiger partial charge in [0.2, 0.25) is 41.4 Å². The third-order valence-corrected chi connectivity index (χ3v) is 17.0. The van der Waals surface area contributed by atoms with E-state index in [4.69, 9.17) is 23.3 Å². The molecule has 0 aliphatic carbocycles. The van der Waals surface area contributed by atoms with Crippen molar-refractivity contribution < 1.29 is 47.9 Å². The van der Waals surface area contributed by atoms with Crippen molar-refractivity contribution in [2.24, 2.45) is 52.9 Å². The highest BCUT2D eigenvalue weighted by atomic mass is 16.2. The minimum atomic E-state index is -1.44. The van der Waals surface area contributed by atoms with Crippen LogP contribution in [0.5, 0.6) is 0 Å². The maximum atomic E-state index is 15.2. The fourth-order valence-corrected chi connectivity index (χ4v) is 11.5. The van der Waals surface area contributed by atoms with Crippen LogP contribution in [-0.4, -0.2) is 164 Å². The van der Waals surface area contributed by atoms with Crippen LogP contribution in [-0.2, 0) is 60.8 Å². The molecule has 2 aromatic rings. The summed E-state index contributed by atoms with van der Waals surface area (Å²) in [6, 6.07) is 4.80. The second-order valence-corrected chi connectivity index (χ2v) is 24.9. The Hall–Kier alpha value is -7.02. The molecule has 0 bridgehead atoms. The van der Waals surface area contributed by atoms with E-state index in [1.54, 1.807) is 95.3 Å². The largest absolute Gasteiger partial charge is 0.342 e. The van der Waals surface area contributed by atoms with Gasteiger partial charge in [-0.25, -0.2) is 17.5 Å². The second kappa shape index (κ2) is 32.6. The molecule has 5 rings (SSSR count). The number of nitrogens with zero attached hydrogens (tertiary/aromatic N) is 5. The molecule has 476 valence electrons. The van der Waals surface area contributed by atoms with Gasteiger partial charge in [0.1, 0.15) is 60.4 Å². The smallest absolute Gasteiger partial charge is 0.260 e. The van der Waals surface area contributed by atoms with Crippen LogP contribution in [0.1, 0.15) is 145 Å². The molecule has 24 nitrogen and oxygen atoms in total. The molecule has 3 heterocycles. The summed E-state index contributed by atoms with van der Waals surface area (Å²) in [7, 11) is 0. The highest BCUT2D eigenvalue weighted by molar-refractivity contribution is 6.00. The number of carbonyl (C=O) groups excluding carboxylic acids is 10. The van der Waals surface area contributed by atoms with Crippen molar-refractivity contribution in [2.45, 2.75) is 207 Å². The molecule has 0 saturated carbocycles. The van der Waals surface area contributed by atoms with Gasteiger partial charge in [0.05, 0.1) is 0 Å². The van der Waals surface area contributed by atoms with E-state index in [1.165, 1.54) is 9.80 Å². The van der Waals surface area contributed by atoms with Gasteiger partial charge in [0.25, 0.3) is 17.7 Å². The molecule has 0 spiro atoms. The van der Waals surface area contributed by atoms with Gasteiger partial charge >= 0.3 is 0 Å². The van der Waals surface area contributed by atoms with Crippen LogP contribution in [0.4, 0.5) is 0 Å². The Morgan fingerprint density at radius 3 is 1.35 bits per heavy atom. The fraction of sp³-hybridized carbons (Fsp3) is 0.645. The van der Waals surface area contributed by atoms with Gasteiger partial charge in [-0.2, -0.15) is 0 Å². The molecule has 0 unspecified atom stereocenters. The molecule has 13 N–H and O–H groups in total. The van der Waals surface area contributed by atoms with Crippen LogP contribution in [0.15, 0.2) is 60.7 Å². The summed E-state index contributed by atoms with van der Waals surface area (Å²) in [6.07, 6.45) is 2.43. The first kappa shape index (κ1) is 69.7. The highest BCUT2D eigenvalue weighted by Crippen LogP contribution is 2.26. The summed E-state index contributed by atoms with van der Waals surface area (Å²) >= 11 is 0. The number of rotatable bonds is 16. The molecule has 10 amide bonds. The summed E-state index contributed by atoms with van der Waals surface area (Å²) in [5.41, 5.74) is 7.29. The Morgan fingerprint density at radius 2 is 0.895 bits per heavy atom. The molecule has 11 atom stereocenters. The van der Waals surface area contributed by atoms with Crippen molar-refractivity contribution in [2.75, 3.05) is 19.6 Å². The van der Waals surface area contributed by atoms with E-state index in [-0.39, 0.29) is 82.8 Å². The number of hydrogen-bond acceptors (Lipinski definition) is 14. The van der Waals surface area contributed by atoms with Gasteiger partial charge in [0, 0.05) is 25.9 Å². The lowest BCUT2D eigenvalue weighted by atomic mass is 9.88. The maximum Gasteiger partial charge on any atom is 0.260 e. The van der Waals surface area contributed by atoms with E-state index in [0.717, 1.165) is 15.0 Å². The molecular weight excluding hydrogens is 1100 g/mol. The summed E-state index contributed by atoms with van der Waals surface area (Å²) in [5, 5.41) is 16.6. The predicted octanol–water partition coefficient (Wildman–Crippen LogP) is 1.68. The quantitative estimate of drug-likeness (QED) is 0.0854. The van der Waals surface area contributed by atoms with Crippen molar-refractivity contribution in [1.82, 2.24) is 51.4 Å². The van der Waals surface area contributed by atoms with Crippen LogP contribution in [0.2, 0.25) is 0 Å². The van der Waals surface area contributed by atoms with Crippen LogP contribution in [0.25, 0.3) is 0 Å². The average molecular weight is 1200 g/mol. The first-order chi connectivity index (χ1) is 40.7. The van der Waals surface area contributed by atoms with Crippen LogP contribution in [0.3, 0.4) is 0 Å². The Kier molecular flexibility index (Phi) is 26.5. The molecule has 2 aromatic carbocycles. The first-order valence-corrected chi connectivity index (χ1v) is 30.9. The van der Waals surface area contributed by atoms with Gasteiger partial charge in [-0.3, -0.25) is 63.0 Å². The number of hydrazine groups is 3. The lowest BCUT2D eigenvalue weighted by Gasteiger charge is -2.38. The topological polar surface area (TPSA) is 351 Å². The molecule has 3 saturated heterocycles. The summed E-state index contributed by atoms with van der Waals surface area (Å²) < 4.78 is 0. The molecule has 86 heavy (non-hydrogen) atoms. The number of benzene rings is 2. The van der Waals surface area contributed by atoms with E-state index >= 15 is 14.4 Å². The Morgan fingerprint density at radius 1 is 0.477 bits per heavy atom. The number of nitrogens with one attached hydrogen (secondary N) is 5. The normalized spacial score (nSPS) is 26.7. The zero-order chi connectivity index (χ0) is 63.7. The van der Waals surface area contributed by atoms with E-state index in [2.05, 4.69) is 26.6 Å². The van der Waals surface area contributed by atoms with Crippen molar-refractivity contribution in [3.05, 3.63) is 71.8 Å². The zero-order valence-corrected chi connectivity index (χ0v) is 52.2. The maximum absolute atomic E-state index is 15.2. The minimum absolute atomic E-state index is 0.000633. The third-order valence-electron chi connectivity index (χ3n) is 17.0. The van der Waals surface area contributed by atoms with E-state index in [0.29, 0.717) is 36.8 Å². The van der Waals surface area contributed by atoms with Crippen LogP contribution in [0, 0.1) is 29.6 Å². The molecule has 24 heteroatoms. The van der Waals surface area contributed by atoms with Crippen molar-refractivity contribution in [3.63, 3.8) is 0 Å². The van der Waals surface area contributed by atoms with Crippen molar-refractivity contribution >= 4 is 59.1 Å². The third kappa shape index (κ3) is 18.0. The van der Waals surface area contributed by atoms with Crippen LogP contribution < -0.4 is 49.8 Å². The summed E-state index contributed by atoms with van der Waals surface area (Å²) in [5.74, 6) is 10.6. The monoisotopic (exact) mass is 1200 g/mol. The van der Waals surface area contributed by atoms with Crippen molar-refractivity contribution in [1.29, 1.82) is 0 Å². The lowest BCUT2D eigenvalue weighted by Crippen LogP contribution is -2.65. The molecule has 3 fully saturated rings. The predicted molar refractivity (Wildman–Crippen MR) is 325 cm³/mol.